The van der Waals surface area contributed by atoms with Gasteiger partial charge in [-0.15, -0.1) is 6.42 Å². The third-order valence-electron chi connectivity index (χ3n) is 2.85. The van der Waals surface area contributed by atoms with E-state index in [4.69, 9.17) is 6.42 Å². The highest BCUT2D eigenvalue weighted by molar-refractivity contribution is 5.36. The van der Waals surface area contributed by atoms with Crippen LogP contribution in [0.5, 0.6) is 0 Å². The first-order chi connectivity index (χ1) is 7.19. The van der Waals surface area contributed by atoms with Gasteiger partial charge in [-0.1, -0.05) is 49.4 Å². The van der Waals surface area contributed by atoms with E-state index in [-0.39, 0.29) is 0 Å². The van der Waals surface area contributed by atoms with Crippen molar-refractivity contribution in [3.8, 4) is 12.3 Å². The number of benzene rings is 1. The van der Waals surface area contributed by atoms with Gasteiger partial charge in [-0.3, -0.25) is 0 Å². The third kappa shape index (κ3) is 3.13. The van der Waals surface area contributed by atoms with Gasteiger partial charge in [-0.2, -0.15) is 0 Å². The topological polar surface area (TPSA) is 0 Å². The number of terminal acetylenes is 1. The summed E-state index contributed by atoms with van der Waals surface area (Å²) in [6, 6.07) is 6.55. The highest BCUT2D eigenvalue weighted by Crippen LogP contribution is 2.25. The van der Waals surface area contributed by atoms with Crippen molar-refractivity contribution in [1.82, 2.24) is 0 Å². The van der Waals surface area contributed by atoms with Crippen molar-refractivity contribution >= 4 is 0 Å². The molecule has 0 aromatic heterocycles. The van der Waals surface area contributed by atoms with E-state index in [0.717, 1.165) is 6.42 Å². The van der Waals surface area contributed by atoms with Crippen LogP contribution >= 0.6 is 0 Å². The van der Waals surface area contributed by atoms with Gasteiger partial charge >= 0.3 is 0 Å². The van der Waals surface area contributed by atoms with E-state index in [0.29, 0.717) is 5.92 Å². The predicted molar refractivity (Wildman–Crippen MR) is 67.0 cm³/mol. The van der Waals surface area contributed by atoms with Gasteiger partial charge in [-0.05, 0) is 31.4 Å². The van der Waals surface area contributed by atoms with Crippen LogP contribution < -0.4 is 0 Å². The summed E-state index contributed by atoms with van der Waals surface area (Å²) in [5.41, 5.74) is 3.97. The van der Waals surface area contributed by atoms with Crippen molar-refractivity contribution in [1.29, 1.82) is 0 Å². The monoisotopic (exact) mass is 200 g/mol. The fourth-order valence-electron chi connectivity index (χ4n) is 1.95. The smallest absolute Gasteiger partial charge is 0.0452 e. The van der Waals surface area contributed by atoms with Crippen LogP contribution in [0.15, 0.2) is 18.2 Å². The van der Waals surface area contributed by atoms with Crippen molar-refractivity contribution in [2.45, 2.75) is 46.0 Å². The summed E-state index contributed by atoms with van der Waals surface area (Å²) in [5.74, 6) is 3.21. The molecule has 0 amide bonds. The summed E-state index contributed by atoms with van der Waals surface area (Å²) >= 11 is 0. The Morgan fingerprint density at radius 2 is 2.07 bits per heavy atom. The standard InChI is InChI=1S/C15H20/c1-5-7-8-14(6-2)15-10-9-12(3)11-13(15)4/h2,9-11,14H,5,7-8H2,1,3-4H3. The molecular weight excluding hydrogens is 180 g/mol. The quantitative estimate of drug-likeness (QED) is 0.639. The molecule has 0 fully saturated rings. The van der Waals surface area contributed by atoms with Gasteiger partial charge in [0.25, 0.3) is 0 Å². The first-order valence-electron chi connectivity index (χ1n) is 5.72. The second kappa shape index (κ2) is 5.61. The van der Waals surface area contributed by atoms with E-state index in [9.17, 15) is 0 Å². The van der Waals surface area contributed by atoms with Crippen LogP contribution in [-0.4, -0.2) is 0 Å². The molecule has 0 saturated carbocycles. The number of unbranched alkanes of at least 4 members (excludes halogenated alkanes) is 1. The number of hydrogen-bond acceptors (Lipinski definition) is 0. The summed E-state index contributed by atoms with van der Waals surface area (Å²) in [5, 5.41) is 0. The Morgan fingerprint density at radius 1 is 1.33 bits per heavy atom. The Hall–Kier alpha value is -1.22. The molecule has 1 aromatic carbocycles. The average Bonchev–Trinajstić information content (AvgIpc) is 2.21. The van der Waals surface area contributed by atoms with Crippen LogP contribution in [0.3, 0.4) is 0 Å². The molecule has 0 aliphatic rings. The second-order valence-corrected chi connectivity index (χ2v) is 4.22. The average molecular weight is 200 g/mol. The summed E-state index contributed by atoms with van der Waals surface area (Å²) < 4.78 is 0. The van der Waals surface area contributed by atoms with E-state index >= 15 is 0 Å². The molecule has 1 rings (SSSR count). The largest absolute Gasteiger partial charge is 0.119 e. The molecule has 0 heteroatoms. The van der Waals surface area contributed by atoms with Gasteiger partial charge in [-0.25, -0.2) is 0 Å². The first-order valence-corrected chi connectivity index (χ1v) is 5.72. The molecule has 0 heterocycles. The zero-order chi connectivity index (χ0) is 11.3. The lowest BCUT2D eigenvalue weighted by Gasteiger charge is -2.14. The second-order valence-electron chi connectivity index (χ2n) is 4.22. The fourth-order valence-corrected chi connectivity index (χ4v) is 1.95. The zero-order valence-electron chi connectivity index (χ0n) is 10.0. The molecule has 0 aliphatic carbocycles. The molecule has 15 heavy (non-hydrogen) atoms. The summed E-state index contributed by atoms with van der Waals surface area (Å²) in [6.07, 6.45) is 9.13. The summed E-state index contributed by atoms with van der Waals surface area (Å²) in [6.45, 7) is 6.47. The lowest BCUT2D eigenvalue weighted by molar-refractivity contribution is 0.673. The highest BCUT2D eigenvalue weighted by atomic mass is 14.1. The van der Waals surface area contributed by atoms with E-state index in [1.54, 1.807) is 0 Å². The molecule has 0 radical (unpaired) electrons. The van der Waals surface area contributed by atoms with Crippen LogP contribution in [0.4, 0.5) is 0 Å². The molecular formula is C15H20. The van der Waals surface area contributed by atoms with Crippen molar-refractivity contribution in [3.63, 3.8) is 0 Å². The minimum Gasteiger partial charge on any atom is -0.119 e. The minimum absolute atomic E-state index is 0.297. The number of aryl methyl sites for hydroxylation is 2. The Balaban J connectivity index is 2.88. The molecule has 1 atom stereocenters. The van der Waals surface area contributed by atoms with Gasteiger partial charge in [0, 0.05) is 5.92 Å². The molecule has 0 nitrogen and oxygen atoms in total. The van der Waals surface area contributed by atoms with Crippen LogP contribution in [0.25, 0.3) is 0 Å². The molecule has 1 unspecified atom stereocenters. The maximum absolute atomic E-state index is 5.60. The number of rotatable bonds is 4. The van der Waals surface area contributed by atoms with E-state index in [1.807, 2.05) is 0 Å². The molecule has 0 bridgehead atoms. The predicted octanol–water partition coefficient (Wildman–Crippen LogP) is 4.21. The van der Waals surface area contributed by atoms with Crippen LogP contribution in [0.1, 0.15) is 48.8 Å². The van der Waals surface area contributed by atoms with Crippen LogP contribution in [0.2, 0.25) is 0 Å². The Morgan fingerprint density at radius 3 is 2.60 bits per heavy atom. The van der Waals surface area contributed by atoms with Gasteiger partial charge in [0.1, 0.15) is 0 Å². The van der Waals surface area contributed by atoms with Gasteiger partial charge in [0.15, 0.2) is 0 Å². The summed E-state index contributed by atoms with van der Waals surface area (Å²) in [7, 11) is 0. The zero-order valence-corrected chi connectivity index (χ0v) is 10.0. The van der Waals surface area contributed by atoms with E-state index in [2.05, 4.69) is 44.9 Å². The van der Waals surface area contributed by atoms with Crippen molar-refractivity contribution in [2.75, 3.05) is 0 Å². The van der Waals surface area contributed by atoms with Gasteiger partial charge in [0.2, 0.25) is 0 Å². The molecule has 0 spiro atoms. The summed E-state index contributed by atoms with van der Waals surface area (Å²) in [4.78, 5) is 0. The number of hydrogen-bond donors (Lipinski definition) is 0. The molecule has 0 saturated heterocycles. The molecule has 1 aromatic rings. The highest BCUT2D eigenvalue weighted by Gasteiger charge is 2.10. The van der Waals surface area contributed by atoms with E-state index in [1.165, 1.54) is 29.5 Å². The molecule has 0 N–H and O–H groups in total. The maximum atomic E-state index is 5.60. The normalized spacial score (nSPS) is 12.1. The van der Waals surface area contributed by atoms with E-state index < -0.39 is 0 Å². The maximum Gasteiger partial charge on any atom is 0.0452 e. The Labute approximate surface area is 93.7 Å². The lowest BCUT2D eigenvalue weighted by Crippen LogP contribution is -1.99. The van der Waals surface area contributed by atoms with Gasteiger partial charge in [0.05, 0.1) is 0 Å². The lowest BCUT2D eigenvalue weighted by atomic mass is 9.90. The van der Waals surface area contributed by atoms with Crippen molar-refractivity contribution in [3.05, 3.63) is 34.9 Å². The fraction of sp³-hybridized carbons (Fsp3) is 0.467. The Bertz CT molecular complexity index is 355. The van der Waals surface area contributed by atoms with Crippen LogP contribution in [-0.2, 0) is 0 Å². The Kier molecular flexibility index (Phi) is 4.43. The third-order valence-corrected chi connectivity index (χ3v) is 2.85. The molecule has 80 valence electrons. The van der Waals surface area contributed by atoms with Crippen molar-refractivity contribution in [2.24, 2.45) is 0 Å². The SMILES string of the molecule is C#CC(CCCC)c1ccc(C)cc1C. The molecule has 0 aliphatic heterocycles. The first kappa shape index (κ1) is 11.9. The van der Waals surface area contributed by atoms with Crippen molar-refractivity contribution < 1.29 is 0 Å². The van der Waals surface area contributed by atoms with Crippen LogP contribution in [0, 0.1) is 26.2 Å². The minimum atomic E-state index is 0.297. The van der Waals surface area contributed by atoms with Gasteiger partial charge < -0.3 is 0 Å².